The summed E-state index contributed by atoms with van der Waals surface area (Å²) in [6, 6.07) is 0.133. The molecule has 1 fully saturated rings. The van der Waals surface area contributed by atoms with Crippen LogP contribution in [-0.4, -0.2) is 16.9 Å². The van der Waals surface area contributed by atoms with Gasteiger partial charge >= 0.3 is 0 Å². The summed E-state index contributed by atoms with van der Waals surface area (Å²) in [7, 11) is 0. The molecule has 62 valence electrons. The van der Waals surface area contributed by atoms with E-state index in [9.17, 15) is 4.39 Å². The predicted molar refractivity (Wildman–Crippen MR) is 40.2 cm³/mol. The van der Waals surface area contributed by atoms with Gasteiger partial charge in [0.05, 0.1) is 0 Å². The van der Waals surface area contributed by atoms with Crippen molar-refractivity contribution in [2.45, 2.75) is 18.9 Å². The second-order valence-electron chi connectivity index (χ2n) is 2.50. The highest BCUT2D eigenvalue weighted by Crippen LogP contribution is 2.25. The minimum Gasteiger partial charge on any atom is -0.402 e. The number of amidine groups is 1. The van der Waals surface area contributed by atoms with Crippen LogP contribution in [0, 0.1) is 5.41 Å². The standard InChI is InChI=1S/C6H11FN4/c7-5(3-8)6(9)11(10)4-1-2-4/h3-4,9H,1-2,8,10H2. The van der Waals surface area contributed by atoms with Gasteiger partial charge in [0.2, 0.25) is 0 Å². The summed E-state index contributed by atoms with van der Waals surface area (Å²) in [5.74, 6) is 4.26. The molecule has 0 heterocycles. The molecular weight excluding hydrogens is 147 g/mol. The fourth-order valence-electron chi connectivity index (χ4n) is 0.738. The lowest BCUT2D eigenvalue weighted by atomic mass is 10.4. The van der Waals surface area contributed by atoms with Gasteiger partial charge in [-0.05, 0) is 12.8 Å². The molecule has 0 radical (unpaired) electrons. The van der Waals surface area contributed by atoms with Crippen molar-refractivity contribution < 1.29 is 4.39 Å². The van der Waals surface area contributed by atoms with Crippen LogP contribution in [0.15, 0.2) is 12.0 Å². The predicted octanol–water partition coefficient (Wildman–Crippen LogP) is 0.0714. The number of nitrogens with two attached hydrogens (primary N) is 2. The van der Waals surface area contributed by atoms with Crippen LogP contribution < -0.4 is 11.6 Å². The molecule has 5 N–H and O–H groups in total. The maximum Gasteiger partial charge on any atom is 0.181 e. The summed E-state index contributed by atoms with van der Waals surface area (Å²) in [6.07, 6.45) is 2.60. The largest absolute Gasteiger partial charge is 0.402 e. The number of hydrazine groups is 1. The molecule has 0 unspecified atom stereocenters. The zero-order chi connectivity index (χ0) is 8.43. The highest BCUT2D eigenvalue weighted by Gasteiger charge is 2.30. The summed E-state index contributed by atoms with van der Waals surface area (Å²) in [5, 5.41) is 8.26. The molecule has 11 heavy (non-hydrogen) atoms. The summed E-state index contributed by atoms with van der Waals surface area (Å²) in [5.41, 5.74) is 4.87. The number of rotatable bonds is 2. The molecule has 4 nitrogen and oxygen atoms in total. The van der Waals surface area contributed by atoms with Crippen LogP contribution in [0.25, 0.3) is 0 Å². The van der Waals surface area contributed by atoms with Crippen molar-refractivity contribution in [2.24, 2.45) is 11.6 Å². The first-order valence-corrected chi connectivity index (χ1v) is 3.37. The Hall–Kier alpha value is -1.10. The Morgan fingerprint density at radius 3 is 2.55 bits per heavy atom. The lowest BCUT2D eigenvalue weighted by molar-refractivity contribution is 0.416. The highest BCUT2D eigenvalue weighted by atomic mass is 19.1. The summed E-state index contributed by atoms with van der Waals surface area (Å²) < 4.78 is 12.6. The fourth-order valence-corrected chi connectivity index (χ4v) is 0.738. The third-order valence-corrected chi connectivity index (χ3v) is 1.57. The van der Waals surface area contributed by atoms with Crippen LogP contribution >= 0.6 is 0 Å². The molecule has 0 aromatic carbocycles. The summed E-state index contributed by atoms with van der Waals surface area (Å²) in [4.78, 5) is 0. The van der Waals surface area contributed by atoms with Crippen molar-refractivity contribution in [1.29, 1.82) is 5.41 Å². The summed E-state index contributed by atoms with van der Waals surface area (Å²) in [6.45, 7) is 0. The Kier molecular flexibility index (Phi) is 2.09. The molecule has 0 spiro atoms. The van der Waals surface area contributed by atoms with Crippen LogP contribution in [0.2, 0.25) is 0 Å². The van der Waals surface area contributed by atoms with E-state index in [-0.39, 0.29) is 11.9 Å². The fraction of sp³-hybridized carbons (Fsp3) is 0.500. The molecule has 0 atom stereocenters. The average Bonchev–Trinajstić information content (AvgIpc) is 2.82. The normalized spacial score (nSPS) is 18.2. The quantitative estimate of drug-likeness (QED) is 0.230. The number of hydrogen-bond donors (Lipinski definition) is 3. The molecule has 1 saturated carbocycles. The smallest absolute Gasteiger partial charge is 0.181 e. The molecule has 1 rings (SSSR count). The molecule has 0 saturated heterocycles. The molecule has 5 heteroatoms. The Bertz CT molecular complexity index is 197. The molecule has 1 aliphatic carbocycles. The molecule has 0 aromatic rings. The molecule has 0 amide bonds. The van der Waals surface area contributed by atoms with Crippen molar-refractivity contribution >= 4 is 5.84 Å². The van der Waals surface area contributed by atoms with Gasteiger partial charge < -0.3 is 5.73 Å². The lowest BCUT2D eigenvalue weighted by Gasteiger charge is -2.16. The number of hydrogen-bond acceptors (Lipinski definition) is 3. The number of halogens is 1. The van der Waals surface area contributed by atoms with Gasteiger partial charge in [-0.15, -0.1) is 0 Å². The second-order valence-corrected chi connectivity index (χ2v) is 2.50. The van der Waals surface area contributed by atoms with E-state index in [1.54, 1.807) is 0 Å². The van der Waals surface area contributed by atoms with E-state index < -0.39 is 5.83 Å². The Balaban J connectivity index is 2.52. The molecule has 0 aliphatic heterocycles. The highest BCUT2D eigenvalue weighted by molar-refractivity contribution is 5.93. The van der Waals surface area contributed by atoms with Crippen LogP contribution in [-0.2, 0) is 0 Å². The number of nitrogens with one attached hydrogen (secondary N) is 1. The van der Waals surface area contributed by atoms with Gasteiger partial charge in [-0.2, -0.15) is 0 Å². The van der Waals surface area contributed by atoms with Gasteiger partial charge in [-0.1, -0.05) is 0 Å². The van der Waals surface area contributed by atoms with E-state index in [1.807, 2.05) is 0 Å². The zero-order valence-corrected chi connectivity index (χ0v) is 6.05. The van der Waals surface area contributed by atoms with Gasteiger partial charge in [0.25, 0.3) is 0 Å². The first-order valence-electron chi connectivity index (χ1n) is 3.37. The SMILES string of the molecule is N=C(C(F)=CN)N(N)C1CC1. The molecule has 0 bridgehead atoms. The van der Waals surface area contributed by atoms with Gasteiger partial charge in [0, 0.05) is 12.2 Å². The zero-order valence-electron chi connectivity index (χ0n) is 6.05. The van der Waals surface area contributed by atoms with E-state index in [0.717, 1.165) is 24.1 Å². The van der Waals surface area contributed by atoms with Crippen molar-refractivity contribution in [1.82, 2.24) is 5.01 Å². The molecular formula is C6H11FN4. The maximum atomic E-state index is 12.6. The van der Waals surface area contributed by atoms with Crippen molar-refractivity contribution in [3.05, 3.63) is 12.0 Å². The first-order chi connectivity index (χ1) is 5.16. The minimum atomic E-state index is -0.778. The van der Waals surface area contributed by atoms with Gasteiger partial charge in [-0.25, -0.2) is 10.2 Å². The third-order valence-electron chi connectivity index (χ3n) is 1.57. The van der Waals surface area contributed by atoms with Crippen molar-refractivity contribution in [2.75, 3.05) is 0 Å². The minimum absolute atomic E-state index is 0.133. The van der Waals surface area contributed by atoms with Gasteiger partial charge in [-0.3, -0.25) is 10.4 Å². The van der Waals surface area contributed by atoms with E-state index in [0.29, 0.717) is 0 Å². The van der Waals surface area contributed by atoms with E-state index in [1.165, 1.54) is 0 Å². The summed E-state index contributed by atoms with van der Waals surface area (Å²) >= 11 is 0. The Morgan fingerprint density at radius 1 is 1.64 bits per heavy atom. The Labute approximate surface area is 64.1 Å². The topological polar surface area (TPSA) is 79.1 Å². The van der Waals surface area contributed by atoms with Gasteiger partial charge in [0.1, 0.15) is 0 Å². The average molecular weight is 158 g/mol. The van der Waals surface area contributed by atoms with Crippen LogP contribution in [0.1, 0.15) is 12.8 Å². The van der Waals surface area contributed by atoms with Crippen molar-refractivity contribution in [3.63, 3.8) is 0 Å². The van der Waals surface area contributed by atoms with Crippen LogP contribution in [0.4, 0.5) is 4.39 Å². The Morgan fingerprint density at radius 2 is 2.18 bits per heavy atom. The van der Waals surface area contributed by atoms with E-state index in [4.69, 9.17) is 17.0 Å². The van der Waals surface area contributed by atoms with E-state index in [2.05, 4.69) is 0 Å². The van der Waals surface area contributed by atoms with Crippen molar-refractivity contribution in [3.8, 4) is 0 Å². The molecule has 0 aromatic heterocycles. The third kappa shape index (κ3) is 1.68. The molecule has 1 aliphatic rings. The number of nitrogens with zero attached hydrogens (tertiary/aromatic N) is 1. The van der Waals surface area contributed by atoms with Gasteiger partial charge in [0.15, 0.2) is 11.7 Å². The monoisotopic (exact) mass is 158 g/mol. The first kappa shape index (κ1) is 8.00. The lowest BCUT2D eigenvalue weighted by Crippen LogP contribution is -2.39. The maximum absolute atomic E-state index is 12.6. The van der Waals surface area contributed by atoms with Crippen LogP contribution in [0.5, 0.6) is 0 Å². The van der Waals surface area contributed by atoms with Crippen LogP contribution in [0.3, 0.4) is 0 Å². The van der Waals surface area contributed by atoms with E-state index >= 15 is 0 Å². The second kappa shape index (κ2) is 2.87.